The van der Waals surface area contributed by atoms with E-state index in [0.717, 1.165) is 32.0 Å². The molecule has 0 unspecified atom stereocenters. The van der Waals surface area contributed by atoms with Crippen LogP contribution >= 0.6 is 22.6 Å². The second kappa shape index (κ2) is 7.48. The van der Waals surface area contributed by atoms with Crippen molar-refractivity contribution in [3.8, 4) is 22.8 Å². The summed E-state index contributed by atoms with van der Waals surface area (Å²) >= 11 is 2.25. The molecule has 0 aliphatic carbocycles. The summed E-state index contributed by atoms with van der Waals surface area (Å²) in [5, 5.41) is 3.22. The Bertz CT molecular complexity index is 855. The highest BCUT2D eigenvalue weighted by molar-refractivity contribution is 14.1. The topological polar surface area (TPSA) is 56.3 Å². The van der Waals surface area contributed by atoms with Crippen molar-refractivity contribution < 1.29 is 9.47 Å². The van der Waals surface area contributed by atoms with Gasteiger partial charge in [0.05, 0.1) is 19.9 Å². The van der Waals surface area contributed by atoms with Crippen LogP contribution < -0.4 is 14.8 Å². The molecule has 0 bridgehead atoms. The molecular formula is C18H16IN3O2. The van der Waals surface area contributed by atoms with Gasteiger partial charge in [0.25, 0.3) is 0 Å². The van der Waals surface area contributed by atoms with Crippen LogP contribution in [0.1, 0.15) is 0 Å². The summed E-state index contributed by atoms with van der Waals surface area (Å²) in [4.78, 5) is 8.87. The maximum absolute atomic E-state index is 5.29. The fourth-order valence-electron chi connectivity index (χ4n) is 2.24. The first-order valence-electron chi connectivity index (χ1n) is 7.27. The molecule has 0 aliphatic rings. The Kier molecular flexibility index (Phi) is 5.14. The number of hydrogen-bond acceptors (Lipinski definition) is 5. The third kappa shape index (κ3) is 3.94. The molecule has 0 atom stereocenters. The number of ether oxygens (including phenoxy) is 2. The van der Waals surface area contributed by atoms with Gasteiger partial charge in [-0.05, 0) is 52.9 Å². The number of nitrogens with one attached hydrogen (secondary N) is 1. The van der Waals surface area contributed by atoms with E-state index in [9.17, 15) is 0 Å². The van der Waals surface area contributed by atoms with Crippen molar-refractivity contribution in [2.45, 2.75) is 0 Å². The van der Waals surface area contributed by atoms with E-state index in [4.69, 9.17) is 9.47 Å². The summed E-state index contributed by atoms with van der Waals surface area (Å²) in [6.07, 6.45) is 1.73. The van der Waals surface area contributed by atoms with Gasteiger partial charge in [-0.15, -0.1) is 0 Å². The number of rotatable bonds is 5. The zero-order valence-corrected chi connectivity index (χ0v) is 15.4. The van der Waals surface area contributed by atoms with E-state index < -0.39 is 0 Å². The molecule has 0 fully saturated rings. The molecule has 122 valence electrons. The highest BCUT2D eigenvalue weighted by atomic mass is 127. The average Bonchev–Trinajstić information content (AvgIpc) is 2.61. The first-order valence-corrected chi connectivity index (χ1v) is 8.35. The lowest BCUT2D eigenvalue weighted by atomic mass is 10.1. The number of benzene rings is 2. The van der Waals surface area contributed by atoms with E-state index in [1.54, 1.807) is 20.4 Å². The van der Waals surface area contributed by atoms with Crippen LogP contribution in [0, 0.1) is 3.57 Å². The monoisotopic (exact) mass is 433 g/mol. The summed E-state index contributed by atoms with van der Waals surface area (Å²) in [7, 11) is 3.30. The molecule has 3 aromatic rings. The van der Waals surface area contributed by atoms with Gasteiger partial charge in [0.1, 0.15) is 11.5 Å². The molecular weight excluding hydrogens is 417 g/mol. The van der Waals surface area contributed by atoms with Crippen LogP contribution in [0.3, 0.4) is 0 Å². The highest BCUT2D eigenvalue weighted by Crippen LogP contribution is 2.26. The summed E-state index contributed by atoms with van der Waals surface area (Å²) in [6, 6.07) is 15.5. The van der Waals surface area contributed by atoms with Crippen LogP contribution in [0.15, 0.2) is 54.7 Å². The molecule has 0 amide bonds. The second-order valence-corrected chi connectivity index (χ2v) is 6.25. The van der Waals surface area contributed by atoms with Crippen molar-refractivity contribution in [1.29, 1.82) is 0 Å². The van der Waals surface area contributed by atoms with Gasteiger partial charge in [0.15, 0.2) is 0 Å². The van der Waals surface area contributed by atoms with Crippen LogP contribution in [0.25, 0.3) is 11.3 Å². The predicted molar refractivity (Wildman–Crippen MR) is 103 cm³/mol. The number of anilines is 2. The molecule has 3 rings (SSSR count). The van der Waals surface area contributed by atoms with Gasteiger partial charge in [-0.25, -0.2) is 9.97 Å². The fourth-order valence-corrected chi connectivity index (χ4v) is 2.89. The average molecular weight is 433 g/mol. The van der Waals surface area contributed by atoms with Crippen LogP contribution in [0.2, 0.25) is 0 Å². The lowest BCUT2D eigenvalue weighted by molar-refractivity contribution is 0.414. The molecule has 24 heavy (non-hydrogen) atoms. The van der Waals surface area contributed by atoms with Crippen molar-refractivity contribution in [3.05, 3.63) is 58.3 Å². The van der Waals surface area contributed by atoms with Crippen molar-refractivity contribution in [2.75, 3.05) is 19.5 Å². The van der Waals surface area contributed by atoms with Gasteiger partial charge in [-0.2, -0.15) is 0 Å². The Morgan fingerprint density at radius 3 is 2.58 bits per heavy atom. The van der Waals surface area contributed by atoms with E-state index in [1.165, 1.54) is 0 Å². The minimum atomic E-state index is 0.527. The van der Waals surface area contributed by atoms with E-state index >= 15 is 0 Å². The summed E-state index contributed by atoms with van der Waals surface area (Å²) in [6.45, 7) is 0. The Balaban J connectivity index is 1.89. The van der Waals surface area contributed by atoms with Crippen LogP contribution in [-0.2, 0) is 0 Å². The molecule has 1 N–H and O–H groups in total. The van der Waals surface area contributed by atoms with Gasteiger partial charge in [-0.1, -0.05) is 12.1 Å². The molecule has 0 saturated carbocycles. The van der Waals surface area contributed by atoms with Crippen molar-refractivity contribution >= 4 is 34.2 Å². The molecule has 2 aromatic carbocycles. The van der Waals surface area contributed by atoms with Gasteiger partial charge in [0, 0.05) is 27.1 Å². The van der Waals surface area contributed by atoms with E-state index in [-0.39, 0.29) is 0 Å². The minimum Gasteiger partial charge on any atom is -0.497 e. The molecule has 6 heteroatoms. The lowest BCUT2D eigenvalue weighted by Crippen LogP contribution is -1.99. The Hall–Kier alpha value is -2.35. The number of aromatic nitrogens is 2. The van der Waals surface area contributed by atoms with Crippen LogP contribution in [-0.4, -0.2) is 24.2 Å². The van der Waals surface area contributed by atoms with Crippen LogP contribution in [0.5, 0.6) is 11.5 Å². The van der Waals surface area contributed by atoms with E-state index in [0.29, 0.717) is 5.95 Å². The van der Waals surface area contributed by atoms with Crippen LogP contribution in [0.4, 0.5) is 11.6 Å². The SMILES string of the molecule is COc1cc(I)cc(Nc2nccc(-c3cccc(OC)c3)n2)c1. The van der Waals surface area contributed by atoms with Crippen molar-refractivity contribution in [2.24, 2.45) is 0 Å². The predicted octanol–water partition coefficient (Wildman–Crippen LogP) is 4.51. The number of hydrogen-bond donors (Lipinski definition) is 1. The summed E-state index contributed by atoms with van der Waals surface area (Å²) in [5.74, 6) is 2.11. The molecule has 0 spiro atoms. The highest BCUT2D eigenvalue weighted by Gasteiger charge is 2.06. The Morgan fingerprint density at radius 2 is 1.79 bits per heavy atom. The van der Waals surface area contributed by atoms with Gasteiger partial charge in [-0.3, -0.25) is 0 Å². The van der Waals surface area contributed by atoms with E-state index in [2.05, 4.69) is 37.9 Å². The third-order valence-corrected chi connectivity index (χ3v) is 4.01. The zero-order valence-electron chi connectivity index (χ0n) is 13.3. The van der Waals surface area contributed by atoms with Gasteiger partial charge in [0.2, 0.25) is 5.95 Å². The zero-order chi connectivity index (χ0) is 16.9. The number of halogens is 1. The largest absolute Gasteiger partial charge is 0.497 e. The molecule has 0 saturated heterocycles. The summed E-state index contributed by atoms with van der Waals surface area (Å²) < 4.78 is 11.6. The first kappa shape index (κ1) is 16.5. The Labute approximate surface area is 154 Å². The maximum atomic E-state index is 5.29. The minimum absolute atomic E-state index is 0.527. The molecule has 0 aliphatic heterocycles. The fraction of sp³-hybridized carbons (Fsp3) is 0.111. The van der Waals surface area contributed by atoms with Gasteiger partial charge < -0.3 is 14.8 Å². The smallest absolute Gasteiger partial charge is 0.227 e. The first-order chi connectivity index (χ1) is 11.7. The maximum Gasteiger partial charge on any atom is 0.227 e. The molecule has 1 aromatic heterocycles. The quantitative estimate of drug-likeness (QED) is 0.601. The van der Waals surface area contributed by atoms with Crippen molar-refractivity contribution in [3.63, 3.8) is 0 Å². The number of methoxy groups -OCH3 is 2. The second-order valence-electron chi connectivity index (χ2n) is 5.00. The Morgan fingerprint density at radius 1 is 0.958 bits per heavy atom. The lowest BCUT2D eigenvalue weighted by Gasteiger charge is -2.09. The van der Waals surface area contributed by atoms with Gasteiger partial charge >= 0.3 is 0 Å². The standard InChI is InChI=1S/C18H16IN3O2/c1-23-15-5-3-4-12(8-15)17-6-7-20-18(22-17)21-14-9-13(19)10-16(11-14)24-2/h3-11H,1-2H3,(H,20,21,22). The van der Waals surface area contributed by atoms with E-state index in [1.807, 2.05) is 48.5 Å². The van der Waals surface area contributed by atoms with Crippen molar-refractivity contribution in [1.82, 2.24) is 9.97 Å². The third-order valence-electron chi connectivity index (χ3n) is 3.38. The number of nitrogens with zero attached hydrogens (tertiary/aromatic N) is 2. The summed E-state index contributed by atoms with van der Waals surface area (Å²) in [5.41, 5.74) is 2.67. The molecule has 1 heterocycles. The molecule has 0 radical (unpaired) electrons. The molecule has 5 nitrogen and oxygen atoms in total. The normalized spacial score (nSPS) is 10.3.